The third-order valence-electron chi connectivity index (χ3n) is 3.72. The Bertz CT molecular complexity index is 453. The fraction of sp³-hybridized carbons (Fsp3) is 0.692. The van der Waals surface area contributed by atoms with Crippen molar-refractivity contribution in [2.24, 2.45) is 5.92 Å². The summed E-state index contributed by atoms with van der Waals surface area (Å²) in [6.45, 7) is 3.27. The van der Waals surface area contributed by atoms with E-state index in [-0.39, 0.29) is 23.8 Å². The summed E-state index contributed by atoms with van der Waals surface area (Å²) in [6, 6.07) is -0.719. The lowest BCUT2D eigenvalue weighted by atomic mass is 9.97. The van der Waals surface area contributed by atoms with Gasteiger partial charge in [-0.1, -0.05) is 12.8 Å². The number of carbonyl (C=O) groups excluding carboxylic acids is 2. The Kier molecular flexibility index (Phi) is 4.70. The maximum absolute atomic E-state index is 12.4. The summed E-state index contributed by atoms with van der Waals surface area (Å²) in [6.07, 6.45) is 5.60. The van der Waals surface area contributed by atoms with Crippen LogP contribution in [0.4, 0.5) is 0 Å². The van der Waals surface area contributed by atoms with Gasteiger partial charge < -0.3 is 10.6 Å². The molecule has 0 aromatic carbocycles. The van der Waals surface area contributed by atoms with Crippen molar-refractivity contribution >= 4 is 11.8 Å². The van der Waals surface area contributed by atoms with Gasteiger partial charge in [0.25, 0.3) is 0 Å². The van der Waals surface area contributed by atoms with Gasteiger partial charge in [0.1, 0.15) is 18.2 Å². The largest absolute Gasteiger partial charge is 0.345 e. The Morgan fingerprint density at radius 2 is 2.05 bits per heavy atom. The number of hydrogen-bond donors (Lipinski definition) is 3. The Morgan fingerprint density at radius 1 is 1.35 bits per heavy atom. The molecular formula is C13H21N5O2. The smallest absolute Gasteiger partial charge is 0.243 e. The summed E-state index contributed by atoms with van der Waals surface area (Å²) in [5.74, 6) is 0.493. The highest BCUT2D eigenvalue weighted by atomic mass is 16.2. The standard InChI is InChI=1S/C13H21N5O2/c1-8(12-14-7-15-18-12)16-13(20)11(17-9(2)19)10-5-3-4-6-10/h7-8,10-11H,3-6H2,1-2H3,(H,16,20)(H,17,19)(H,14,15,18)/t8-,11-/m0/s1. The summed E-state index contributed by atoms with van der Waals surface area (Å²) >= 11 is 0. The highest BCUT2D eigenvalue weighted by Crippen LogP contribution is 2.28. The maximum Gasteiger partial charge on any atom is 0.243 e. The molecule has 0 saturated heterocycles. The first kappa shape index (κ1) is 14.5. The number of carbonyl (C=O) groups is 2. The minimum atomic E-state index is -0.458. The first-order chi connectivity index (χ1) is 9.58. The van der Waals surface area contributed by atoms with Gasteiger partial charge in [-0.05, 0) is 25.7 Å². The fourth-order valence-electron chi connectivity index (χ4n) is 2.70. The van der Waals surface area contributed by atoms with Gasteiger partial charge in [-0.25, -0.2) is 4.98 Å². The van der Waals surface area contributed by atoms with Gasteiger partial charge in [0, 0.05) is 6.92 Å². The zero-order chi connectivity index (χ0) is 14.5. The molecule has 2 rings (SSSR count). The van der Waals surface area contributed by atoms with Crippen molar-refractivity contribution in [3.8, 4) is 0 Å². The number of amides is 2. The number of H-pyrrole nitrogens is 1. The van der Waals surface area contributed by atoms with Crippen LogP contribution in [-0.2, 0) is 9.59 Å². The minimum absolute atomic E-state index is 0.156. The van der Waals surface area contributed by atoms with E-state index >= 15 is 0 Å². The van der Waals surface area contributed by atoms with E-state index < -0.39 is 6.04 Å². The van der Waals surface area contributed by atoms with Gasteiger partial charge in [-0.15, -0.1) is 0 Å². The van der Waals surface area contributed by atoms with E-state index in [1.165, 1.54) is 13.3 Å². The Labute approximate surface area is 117 Å². The predicted molar refractivity (Wildman–Crippen MR) is 72.5 cm³/mol. The molecule has 2 atom stereocenters. The zero-order valence-corrected chi connectivity index (χ0v) is 11.8. The SMILES string of the molecule is CC(=O)N[C@H](C(=O)N[C@@H](C)c1ncn[nH]1)C1CCCC1. The van der Waals surface area contributed by atoms with Crippen LogP contribution >= 0.6 is 0 Å². The molecule has 1 aliphatic carbocycles. The van der Waals surface area contributed by atoms with E-state index in [9.17, 15) is 9.59 Å². The summed E-state index contributed by atoms with van der Waals surface area (Å²) in [5, 5.41) is 12.1. The van der Waals surface area contributed by atoms with E-state index in [0.717, 1.165) is 25.7 Å². The van der Waals surface area contributed by atoms with Crippen LogP contribution in [-0.4, -0.2) is 33.0 Å². The van der Waals surface area contributed by atoms with Gasteiger partial charge >= 0.3 is 0 Å². The van der Waals surface area contributed by atoms with Gasteiger partial charge in [0.2, 0.25) is 11.8 Å². The van der Waals surface area contributed by atoms with Crippen LogP contribution in [0.1, 0.15) is 51.4 Å². The number of rotatable bonds is 5. The predicted octanol–water partition coefficient (Wildman–Crippen LogP) is 0.677. The van der Waals surface area contributed by atoms with Crippen molar-refractivity contribution in [2.45, 2.75) is 51.6 Å². The van der Waals surface area contributed by atoms with Crippen molar-refractivity contribution in [2.75, 3.05) is 0 Å². The van der Waals surface area contributed by atoms with Crippen molar-refractivity contribution in [3.63, 3.8) is 0 Å². The summed E-state index contributed by atoms with van der Waals surface area (Å²) in [4.78, 5) is 27.7. The Balaban J connectivity index is 2.00. The van der Waals surface area contributed by atoms with E-state index in [2.05, 4.69) is 25.8 Å². The van der Waals surface area contributed by atoms with Gasteiger partial charge in [-0.2, -0.15) is 5.10 Å². The molecule has 20 heavy (non-hydrogen) atoms. The average molecular weight is 279 g/mol. The molecule has 110 valence electrons. The van der Waals surface area contributed by atoms with Crippen LogP contribution in [0.2, 0.25) is 0 Å². The van der Waals surface area contributed by atoms with E-state index in [4.69, 9.17) is 0 Å². The average Bonchev–Trinajstić information content (AvgIpc) is 3.08. The van der Waals surface area contributed by atoms with E-state index in [1.807, 2.05) is 6.92 Å². The van der Waals surface area contributed by atoms with Crippen molar-refractivity contribution in [1.82, 2.24) is 25.8 Å². The molecule has 1 fully saturated rings. The Hall–Kier alpha value is -1.92. The number of aromatic nitrogens is 3. The monoisotopic (exact) mass is 279 g/mol. The third-order valence-corrected chi connectivity index (χ3v) is 3.72. The van der Waals surface area contributed by atoms with E-state index in [1.54, 1.807) is 0 Å². The fourth-order valence-corrected chi connectivity index (χ4v) is 2.70. The molecule has 0 bridgehead atoms. The number of aromatic amines is 1. The van der Waals surface area contributed by atoms with Crippen LogP contribution in [0.25, 0.3) is 0 Å². The summed E-state index contributed by atoms with van der Waals surface area (Å²) in [5.41, 5.74) is 0. The molecule has 1 heterocycles. The first-order valence-electron chi connectivity index (χ1n) is 7.00. The molecule has 0 aliphatic heterocycles. The van der Waals surface area contributed by atoms with E-state index in [0.29, 0.717) is 5.82 Å². The summed E-state index contributed by atoms with van der Waals surface area (Å²) in [7, 11) is 0. The van der Waals surface area contributed by atoms with Crippen LogP contribution < -0.4 is 10.6 Å². The molecule has 7 heteroatoms. The second-order valence-electron chi connectivity index (χ2n) is 5.32. The molecule has 0 spiro atoms. The zero-order valence-electron chi connectivity index (χ0n) is 11.8. The van der Waals surface area contributed by atoms with Crippen LogP contribution in [0.5, 0.6) is 0 Å². The van der Waals surface area contributed by atoms with Gasteiger partial charge in [0.05, 0.1) is 6.04 Å². The van der Waals surface area contributed by atoms with Crippen LogP contribution in [0.3, 0.4) is 0 Å². The third kappa shape index (κ3) is 3.55. The number of nitrogens with one attached hydrogen (secondary N) is 3. The molecule has 1 aliphatic rings. The second kappa shape index (κ2) is 6.49. The second-order valence-corrected chi connectivity index (χ2v) is 5.32. The molecular weight excluding hydrogens is 258 g/mol. The highest BCUT2D eigenvalue weighted by Gasteiger charge is 2.32. The molecule has 1 saturated carbocycles. The lowest BCUT2D eigenvalue weighted by Crippen LogP contribution is -2.50. The van der Waals surface area contributed by atoms with Gasteiger partial charge in [0.15, 0.2) is 0 Å². The molecule has 0 unspecified atom stereocenters. The van der Waals surface area contributed by atoms with Crippen LogP contribution in [0, 0.1) is 5.92 Å². The topological polar surface area (TPSA) is 99.8 Å². The van der Waals surface area contributed by atoms with Crippen molar-refractivity contribution < 1.29 is 9.59 Å². The lowest BCUT2D eigenvalue weighted by Gasteiger charge is -2.24. The lowest BCUT2D eigenvalue weighted by molar-refractivity contribution is -0.129. The molecule has 1 aromatic rings. The number of hydrogen-bond acceptors (Lipinski definition) is 4. The number of nitrogens with zero attached hydrogens (tertiary/aromatic N) is 2. The van der Waals surface area contributed by atoms with Crippen LogP contribution in [0.15, 0.2) is 6.33 Å². The molecule has 1 aromatic heterocycles. The maximum atomic E-state index is 12.4. The highest BCUT2D eigenvalue weighted by molar-refractivity contribution is 5.87. The Morgan fingerprint density at radius 3 is 2.60 bits per heavy atom. The summed E-state index contributed by atoms with van der Waals surface area (Å²) < 4.78 is 0. The molecule has 7 nitrogen and oxygen atoms in total. The quantitative estimate of drug-likeness (QED) is 0.737. The normalized spacial score (nSPS) is 18.5. The molecule has 2 amide bonds. The molecule has 0 radical (unpaired) electrons. The van der Waals surface area contributed by atoms with Crippen molar-refractivity contribution in [1.29, 1.82) is 0 Å². The first-order valence-corrected chi connectivity index (χ1v) is 7.00. The van der Waals surface area contributed by atoms with Crippen molar-refractivity contribution in [3.05, 3.63) is 12.2 Å². The van der Waals surface area contributed by atoms with Gasteiger partial charge in [-0.3, -0.25) is 14.7 Å². The molecule has 3 N–H and O–H groups in total. The minimum Gasteiger partial charge on any atom is -0.345 e.